The summed E-state index contributed by atoms with van der Waals surface area (Å²) in [4.78, 5) is 23.6. The number of halogens is 3. The Labute approximate surface area is 101 Å². The summed E-state index contributed by atoms with van der Waals surface area (Å²) >= 11 is 0. The van der Waals surface area contributed by atoms with Crippen molar-refractivity contribution in [2.45, 2.75) is 24.7 Å². The van der Waals surface area contributed by atoms with Crippen molar-refractivity contribution >= 4 is 12.0 Å². The number of nitrogens with zero attached hydrogens (tertiary/aromatic N) is 2. The van der Waals surface area contributed by atoms with Crippen LogP contribution in [0.2, 0.25) is 0 Å². The van der Waals surface area contributed by atoms with E-state index >= 15 is 0 Å². The van der Waals surface area contributed by atoms with Gasteiger partial charge < -0.3 is 20.0 Å². The van der Waals surface area contributed by atoms with Gasteiger partial charge in [0.1, 0.15) is 12.6 Å². The molecule has 0 aromatic rings. The maximum Gasteiger partial charge on any atom is 0.406 e. The van der Waals surface area contributed by atoms with Crippen molar-refractivity contribution in [3.8, 4) is 0 Å². The number of carbonyl (C=O) groups is 2. The van der Waals surface area contributed by atoms with E-state index in [1.165, 1.54) is 0 Å². The van der Waals surface area contributed by atoms with Gasteiger partial charge in [0.2, 0.25) is 0 Å². The maximum absolute atomic E-state index is 12.1. The Balaban J connectivity index is 2.73. The molecule has 1 aliphatic heterocycles. The van der Waals surface area contributed by atoms with E-state index < -0.39 is 36.9 Å². The molecule has 0 spiro atoms. The van der Waals surface area contributed by atoms with Gasteiger partial charge >= 0.3 is 18.2 Å². The Bertz CT molecular complexity index is 347. The van der Waals surface area contributed by atoms with Crippen LogP contribution in [0.5, 0.6) is 0 Å². The van der Waals surface area contributed by atoms with E-state index in [2.05, 4.69) is 0 Å². The minimum atomic E-state index is -4.55. The highest BCUT2D eigenvalue weighted by Crippen LogP contribution is 2.22. The third-order valence-electron chi connectivity index (χ3n) is 2.55. The molecule has 1 fully saturated rings. The van der Waals surface area contributed by atoms with Gasteiger partial charge in [-0.25, -0.2) is 9.59 Å². The van der Waals surface area contributed by atoms with Crippen LogP contribution >= 0.6 is 0 Å². The normalized spacial score (nSPS) is 24.2. The van der Waals surface area contributed by atoms with Crippen molar-refractivity contribution in [2.75, 3.05) is 20.1 Å². The largest absolute Gasteiger partial charge is 0.480 e. The fourth-order valence-electron chi connectivity index (χ4n) is 1.82. The summed E-state index contributed by atoms with van der Waals surface area (Å²) in [7, 11) is 0.930. The zero-order valence-electron chi connectivity index (χ0n) is 9.52. The first kappa shape index (κ1) is 14.6. The second kappa shape index (κ2) is 5.01. The topological polar surface area (TPSA) is 81.1 Å². The molecule has 0 aliphatic carbocycles. The van der Waals surface area contributed by atoms with Crippen LogP contribution in [-0.2, 0) is 4.79 Å². The first-order chi connectivity index (χ1) is 8.11. The number of aliphatic hydroxyl groups excluding tert-OH is 1. The molecule has 2 N–H and O–H groups in total. The van der Waals surface area contributed by atoms with E-state index in [1.54, 1.807) is 0 Å². The van der Waals surface area contributed by atoms with Gasteiger partial charge in [-0.05, 0) is 0 Å². The van der Waals surface area contributed by atoms with Gasteiger partial charge in [-0.3, -0.25) is 0 Å². The number of aliphatic carboxylic acids is 1. The first-order valence-electron chi connectivity index (χ1n) is 5.11. The number of amides is 2. The lowest BCUT2D eigenvalue weighted by atomic mass is 10.2. The smallest absolute Gasteiger partial charge is 0.406 e. The zero-order chi connectivity index (χ0) is 14.1. The number of rotatable bonds is 2. The minimum absolute atomic E-state index is 0.180. The molecule has 2 atom stereocenters. The number of hydrogen-bond donors (Lipinski definition) is 2. The van der Waals surface area contributed by atoms with Gasteiger partial charge in [-0.15, -0.1) is 0 Å². The molecular formula is C9H13F3N2O4. The number of β-amino-alcohol motifs (C(OH)–C–C–N with tert-alkyl or cyclic N) is 1. The van der Waals surface area contributed by atoms with Crippen LogP contribution in [0.4, 0.5) is 18.0 Å². The molecule has 1 heterocycles. The van der Waals surface area contributed by atoms with Gasteiger partial charge in [0.15, 0.2) is 0 Å². The van der Waals surface area contributed by atoms with Crippen LogP contribution in [0.15, 0.2) is 0 Å². The molecule has 6 nitrogen and oxygen atoms in total. The SMILES string of the molecule is CN(CC(F)(F)F)C(=O)N1C[C@@H](O)C[C@H]1C(=O)O. The Hall–Kier alpha value is -1.51. The number of carboxylic acid groups (broad SMARTS) is 1. The van der Waals surface area contributed by atoms with Gasteiger partial charge in [0.25, 0.3) is 0 Å². The molecule has 0 radical (unpaired) electrons. The molecule has 1 saturated heterocycles. The Morgan fingerprint density at radius 2 is 2.00 bits per heavy atom. The van der Waals surface area contributed by atoms with Gasteiger partial charge in [-0.2, -0.15) is 13.2 Å². The highest BCUT2D eigenvalue weighted by atomic mass is 19.4. The second-order valence-corrected chi connectivity index (χ2v) is 4.15. The summed E-state index contributed by atoms with van der Waals surface area (Å²) < 4.78 is 36.3. The van der Waals surface area contributed by atoms with E-state index in [0.717, 1.165) is 11.9 Å². The number of carbonyl (C=O) groups excluding carboxylic acids is 1. The lowest BCUT2D eigenvalue weighted by molar-refractivity contribution is -0.142. The summed E-state index contributed by atoms with van der Waals surface area (Å²) in [5.74, 6) is -1.35. The van der Waals surface area contributed by atoms with Crippen molar-refractivity contribution < 1.29 is 33.0 Å². The number of alkyl halides is 3. The summed E-state index contributed by atoms with van der Waals surface area (Å²) in [5.41, 5.74) is 0. The molecule has 0 unspecified atom stereocenters. The quantitative estimate of drug-likeness (QED) is 0.746. The summed E-state index contributed by atoms with van der Waals surface area (Å²) in [6.45, 7) is -1.75. The molecule has 2 amide bonds. The van der Waals surface area contributed by atoms with Gasteiger partial charge in [0.05, 0.1) is 6.10 Å². The Morgan fingerprint density at radius 3 is 2.44 bits per heavy atom. The van der Waals surface area contributed by atoms with Crippen LogP contribution in [0.1, 0.15) is 6.42 Å². The number of carboxylic acids is 1. The van der Waals surface area contributed by atoms with Crippen molar-refractivity contribution in [3.05, 3.63) is 0 Å². The highest BCUT2D eigenvalue weighted by Gasteiger charge is 2.41. The fourth-order valence-corrected chi connectivity index (χ4v) is 1.82. The number of likely N-dealkylation sites (tertiary alicyclic amines) is 1. The maximum atomic E-state index is 12.1. The third-order valence-corrected chi connectivity index (χ3v) is 2.55. The Morgan fingerprint density at radius 1 is 1.44 bits per heavy atom. The summed E-state index contributed by atoms with van der Waals surface area (Å²) in [6, 6.07) is -2.35. The van der Waals surface area contributed by atoms with E-state index in [1.807, 2.05) is 0 Å². The zero-order valence-corrected chi connectivity index (χ0v) is 9.52. The standard InChI is InChI=1S/C9H13F3N2O4/c1-13(4-9(10,11)12)8(18)14-3-5(15)2-6(14)7(16)17/h5-6,15H,2-4H2,1H3,(H,16,17)/t5-,6-/m0/s1. The van der Waals surface area contributed by atoms with Crippen LogP contribution in [0.25, 0.3) is 0 Å². The van der Waals surface area contributed by atoms with Crippen LogP contribution in [0, 0.1) is 0 Å². The average Bonchev–Trinajstić information content (AvgIpc) is 2.56. The third kappa shape index (κ3) is 3.49. The Kier molecular flexibility index (Phi) is 4.05. The molecule has 1 rings (SSSR count). The van der Waals surface area contributed by atoms with E-state index in [0.29, 0.717) is 4.90 Å². The van der Waals surface area contributed by atoms with Gasteiger partial charge in [0, 0.05) is 20.0 Å². The average molecular weight is 270 g/mol. The predicted molar refractivity (Wildman–Crippen MR) is 52.8 cm³/mol. The molecule has 18 heavy (non-hydrogen) atoms. The monoisotopic (exact) mass is 270 g/mol. The van der Waals surface area contributed by atoms with Crippen LogP contribution < -0.4 is 0 Å². The summed E-state index contributed by atoms with van der Waals surface area (Å²) in [5, 5.41) is 18.1. The van der Waals surface area contributed by atoms with Crippen molar-refractivity contribution in [2.24, 2.45) is 0 Å². The van der Waals surface area contributed by atoms with Gasteiger partial charge in [-0.1, -0.05) is 0 Å². The molecule has 9 heteroatoms. The van der Waals surface area contributed by atoms with Crippen molar-refractivity contribution in [3.63, 3.8) is 0 Å². The molecule has 0 bridgehead atoms. The molecule has 0 aromatic carbocycles. The minimum Gasteiger partial charge on any atom is -0.480 e. The summed E-state index contributed by atoms with van der Waals surface area (Å²) in [6.07, 6.45) is -5.77. The molecule has 104 valence electrons. The highest BCUT2D eigenvalue weighted by molar-refractivity contribution is 5.83. The predicted octanol–water partition coefficient (Wildman–Crippen LogP) is 0.120. The van der Waals surface area contributed by atoms with E-state index in [4.69, 9.17) is 5.11 Å². The van der Waals surface area contributed by atoms with E-state index in [-0.39, 0.29) is 13.0 Å². The molecule has 0 saturated carbocycles. The lowest BCUT2D eigenvalue weighted by Gasteiger charge is -2.27. The lowest BCUT2D eigenvalue weighted by Crippen LogP contribution is -2.49. The second-order valence-electron chi connectivity index (χ2n) is 4.15. The van der Waals surface area contributed by atoms with Crippen LogP contribution in [0.3, 0.4) is 0 Å². The van der Waals surface area contributed by atoms with E-state index in [9.17, 15) is 27.9 Å². The van der Waals surface area contributed by atoms with Crippen LogP contribution in [-0.4, -0.2) is 70.5 Å². The number of urea groups is 1. The van der Waals surface area contributed by atoms with Crippen molar-refractivity contribution in [1.29, 1.82) is 0 Å². The number of hydrogen-bond acceptors (Lipinski definition) is 3. The van der Waals surface area contributed by atoms with Crippen molar-refractivity contribution in [1.82, 2.24) is 9.80 Å². The molecule has 0 aromatic heterocycles. The fraction of sp³-hybridized carbons (Fsp3) is 0.778. The molecular weight excluding hydrogens is 257 g/mol. The number of aliphatic hydroxyl groups is 1. The first-order valence-corrected chi connectivity index (χ1v) is 5.11. The molecule has 1 aliphatic rings.